The summed E-state index contributed by atoms with van der Waals surface area (Å²) >= 11 is 0. The van der Waals surface area contributed by atoms with Gasteiger partial charge in [-0.15, -0.1) is 0 Å². The van der Waals surface area contributed by atoms with E-state index >= 15 is 0 Å². The molecule has 0 aromatic rings. The van der Waals surface area contributed by atoms with Crippen LogP contribution in [0, 0.1) is 5.92 Å². The van der Waals surface area contributed by atoms with Crippen molar-refractivity contribution in [3.8, 4) is 0 Å². The zero-order valence-electron chi connectivity index (χ0n) is 14.1. The van der Waals surface area contributed by atoms with Crippen molar-refractivity contribution in [1.29, 1.82) is 0 Å². The molecular formula is C16H30N2O4. The third-order valence-electron chi connectivity index (χ3n) is 3.80. The Morgan fingerprint density at radius 2 is 2.00 bits per heavy atom. The SMILES string of the molecule is CC(CCNC1CCCC(C(=O)O)C1)NC(=O)OC(C)(C)C. The van der Waals surface area contributed by atoms with Crippen LogP contribution in [0.3, 0.4) is 0 Å². The van der Waals surface area contributed by atoms with E-state index in [-0.39, 0.29) is 18.0 Å². The normalized spacial score (nSPS) is 23.6. The Morgan fingerprint density at radius 3 is 2.59 bits per heavy atom. The van der Waals surface area contributed by atoms with Gasteiger partial charge in [-0.25, -0.2) is 4.79 Å². The summed E-state index contributed by atoms with van der Waals surface area (Å²) in [4.78, 5) is 22.7. The molecule has 1 saturated carbocycles. The molecule has 3 N–H and O–H groups in total. The summed E-state index contributed by atoms with van der Waals surface area (Å²) in [6, 6.07) is 0.282. The lowest BCUT2D eigenvalue weighted by molar-refractivity contribution is -0.143. The second-order valence-corrected chi connectivity index (χ2v) is 7.19. The number of carbonyl (C=O) groups is 2. The highest BCUT2D eigenvalue weighted by atomic mass is 16.6. The van der Waals surface area contributed by atoms with Gasteiger partial charge in [-0.3, -0.25) is 4.79 Å². The lowest BCUT2D eigenvalue weighted by Crippen LogP contribution is -2.41. The van der Waals surface area contributed by atoms with Crippen molar-refractivity contribution in [3.05, 3.63) is 0 Å². The summed E-state index contributed by atoms with van der Waals surface area (Å²) in [5.74, 6) is -0.907. The number of rotatable bonds is 6. The summed E-state index contributed by atoms with van der Waals surface area (Å²) in [7, 11) is 0. The highest BCUT2D eigenvalue weighted by Crippen LogP contribution is 2.24. The quantitative estimate of drug-likeness (QED) is 0.701. The van der Waals surface area contributed by atoms with E-state index in [1.54, 1.807) is 0 Å². The van der Waals surface area contributed by atoms with E-state index in [4.69, 9.17) is 9.84 Å². The molecule has 0 aliphatic heterocycles. The van der Waals surface area contributed by atoms with Crippen LogP contribution >= 0.6 is 0 Å². The standard InChI is InChI=1S/C16H30N2O4/c1-11(18-15(21)22-16(2,3)4)8-9-17-13-7-5-6-12(10-13)14(19)20/h11-13,17H,5-10H2,1-4H3,(H,18,21)(H,19,20). The maximum Gasteiger partial charge on any atom is 0.407 e. The molecule has 0 spiro atoms. The van der Waals surface area contributed by atoms with Crippen molar-refractivity contribution >= 4 is 12.1 Å². The van der Waals surface area contributed by atoms with Crippen LogP contribution in [0.5, 0.6) is 0 Å². The summed E-state index contributed by atoms with van der Waals surface area (Å²) < 4.78 is 5.21. The maximum absolute atomic E-state index is 11.6. The first kappa shape index (κ1) is 18.7. The summed E-state index contributed by atoms with van der Waals surface area (Å²) in [5.41, 5.74) is -0.490. The first-order valence-corrected chi connectivity index (χ1v) is 8.13. The van der Waals surface area contributed by atoms with E-state index in [2.05, 4.69) is 10.6 Å². The Kier molecular flexibility index (Phi) is 7.13. The first-order chi connectivity index (χ1) is 10.2. The first-order valence-electron chi connectivity index (χ1n) is 8.13. The van der Waals surface area contributed by atoms with Gasteiger partial charge in [0.05, 0.1) is 5.92 Å². The van der Waals surface area contributed by atoms with Crippen molar-refractivity contribution in [2.45, 2.75) is 77.5 Å². The number of hydrogen-bond acceptors (Lipinski definition) is 4. The number of aliphatic carboxylic acids is 1. The summed E-state index contributed by atoms with van der Waals surface area (Å²) in [6.07, 6.45) is 3.85. The molecule has 3 atom stereocenters. The average Bonchev–Trinajstić information content (AvgIpc) is 2.36. The highest BCUT2D eigenvalue weighted by Gasteiger charge is 2.26. The molecule has 1 fully saturated rings. The van der Waals surface area contributed by atoms with E-state index in [0.29, 0.717) is 6.42 Å². The molecule has 0 saturated heterocycles. The van der Waals surface area contributed by atoms with Crippen molar-refractivity contribution in [2.75, 3.05) is 6.54 Å². The van der Waals surface area contributed by atoms with Gasteiger partial charge in [-0.1, -0.05) is 6.42 Å². The van der Waals surface area contributed by atoms with Gasteiger partial charge in [-0.05, 0) is 59.9 Å². The van der Waals surface area contributed by atoms with Crippen molar-refractivity contribution in [3.63, 3.8) is 0 Å². The Bertz CT molecular complexity index is 379. The van der Waals surface area contributed by atoms with Gasteiger partial charge < -0.3 is 20.5 Å². The van der Waals surface area contributed by atoms with Crippen LogP contribution in [0.2, 0.25) is 0 Å². The van der Waals surface area contributed by atoms with Crippen molar-refractivity contribution < 1.29 is 19.4 Å². The van der Waals surface area contributed by atoms with Crippen LogP contribution in [-0.2, 0) is 9.53 Å². The largest absolute Gasteiger partial charge is 0.481 e. The fourth-order valence-corrected chi connectivity index (χ4v) is 2.68. The van der Waals surface area contributed by atoms with Gasteiger partial charge in [0.25, 0.3) is 0 Å². The zero-order chi connectivity index (χ0) is 16.8. The van der Waals surface area contributed by atoms with Crippen LogP contribution in [0.1, 0.15) is 59.8 Å². The number of nitrogens with one attached hydrogen (secondary N) is 2. The monoisotopic (exact) mass is 314 g/mol. The Morgan fingerprint density at radius 1 is 1.32 bits per heavy atom. The molecule has 0 heterocycles. The second-order valence-electron chi connectivity index (χ2n) is 7.19. The van der Waals surface area contributed by atoms with Crippen molar-refractivity contribution in [2.24, 2.45) is 5.92 Å². The predicted octanol–water partition coefficient (Wildman–Crippen LogP) is 2.52. The molecule has 0 aromatic heterocycles. The number of carboxylic acids is 1. The fraction of sp³-hybridized carbons (Fsp3) is 0.875. The molecule has 1 aliphatic rings. The van der Waals surface area contributed by atoms with Crippen LogP contribution in [-0.4, -0.2) is 41.4 Å². The highest BCUT2D eigenvalue weighted by molar-refractivity contribution is 5.70. The van der Waals surface area contributed by atoms with Gasteiger partial charge in [0.1, 0.15) is 5.60 Å². The lowest BCUT2D eigenvalue weighted by atomic mass is 9.86. The number of hydrogen-bond donors (Lipinski definition) is 3. The van der Waals surface area contributed by atoms with Crippen LogP contribution in [0.15, 0.2) is 0 Å². The van der Waals surface area contributed by atoms with Crippen LogP contribution in [0.4, 0.5) is 4.79 Å². The maximum atomic E-state index is 11.6. The van der Waals surface area contributed by atoms with Gasteiger partial charge in [0.15, 0.2) is 0 Å². The third-order valence-corrected chi connectivity index (χ3v) is 3.80. The minimum absolute atomic E-state index is 0.0150. The molecule has 3 unspecified atom stereocenters. The molecule has 128 valence electrons. The predicted molar refractivity (Wildman–Crippen MR) is 84.8 cm³/mol. The van der Waals surface area contributed by atoms with Gasteiger partial charge in [-0.2, -0.15) is 0 Å². The van der Waals surface area contributed by atoms with E-state index in [9.17, 15) is 9.59 Å². The lowest BCUT2D eigenvalue weighted by Gasteiger charge is -2.28. The van der Waals surface area contributed by atoms with Gasteiger partial charge in [0.2, 0.25) is 0 Å². The van der Waals surface area contributed by atoms with Gasteiger partial charge in [0, 0.05) is 12.1 Å². The molecule has 0 radical (unpaired) electrons. The molecule has 0 aromatic carbocycles. The second kappa shape index (κ2) is 8.36. The Hall–Kier alpha value is -1.30. The van der Waals surface area contributed by atoms with Gasteiger partial charge >= 0.3 is 12.1 Å². The van der Waals surface area contributed by atoms with E-state index < -0.39 is 17.7 Å². The van der Waals surface area contributed by atoms with E-state index in [0.717, 1.165) is 32.2 Å². The molecule has 1 aliphatic carbocycles. The molecule has 1 amide bonds. The molecule has 0 bridgehead atoms. The molecule has 22 heavy (non-hydrogen) atoms. The third kappa shape index (κ3) is 7.64. The number of alkyl carbamates (subject to hydrolysis) is 1. The minimum Gasteiger partial charge on any atom is -0.481 e. The minimum atomic E-state index is -0.688. The fourth-order valence-electron chi connectivity index (χ4n) is 2.68. The average molecular weight is 314 g/mol. The van der Waals surface area contributed by atoms with E-state index in [1.807, 2.05) is 27.7 Å². The molecule has 1 rings (SSSR count). The van der Waals surface area contributed by atoms with E-state index in [1.165, 1.54) is 0 Å². The smallest absolute Gasteiger partial charge is 0.407 e. The Balaban J connectivity index is 2.20. The number of carboxylic acid groups (broad SMARTS) is 1. The topological polar surface area (TPSA) is 87.7 Å². The number of amides is 1. The van der Waals surface area contributed by atoms with Crippen LogP contribution in [0.25, 0.3) is 0 Å². The van der Waals surface area contributed by atoms with Crippen LogP contribution < -0.4 is 10.6 Å². The Labute approximate surface area is 133 Å². The van der Waals surface area contributed by atoms with Crippen molar-refractivity contribution in [1.82, 2.24) is 10.6 Å². The summed E-state index contributed by atoms with van der Waals surface area (Å²) in [6.45, 7) is 8.20. The molecule has 6 nitrogen and oxygen atoms in total. The molecule has 6 heteroatoms. The zero-order valence-corrected chi connectivity index (χ0v) is 14.1. The number of ether oxygens (including phenoxy) is 1. The summed E-state index contributed by atoms with van der Waals surface area (Å²) in [5, 5.41) is 15.3. The molecular weight excluding hydrogens is 284 g/mol. The number of carbonyl (C=O) groups excluding carboxylic acids is 1.